The van der Waals surface area contributed by atoms with E-state index < -0.39 is 0 Å². The maximum atomic E-state index is 2.44. The molecule has 0 aliphatic heterocycles. The predicted molar refractivity (Wildman–Crippen MR) is 287 cm³/mol. The van der Waals surface area contributed by atoms with Crippen molar-refractivity contribution in [3.8, 4) is 22.3 Å². The van der Waals surface area contributed by atoms with Crippen LogP contribution in [0.5, 0.6) is 0 Å². The molecule has 9 aromatic carbocycles. The van der Waals surface area contributed by atoms with Crippen LogP contribution in [0.1, 0.15) is 103 Å². The van der Waals surface area contributed by atoms with Crippen LogP contribution in [0.25, 0.3) is 43.8 Å². The zero-order chi connectivity index (χ0) is 46.3. The molecule has 0 bridgehead atoms. The number of hydrogen-bond acceptors (Lipinski definition) is 2. The molecule has 0 aliphatic carbocycles. The number of rotatable bonds is 10. The third-order valence-corrected chi connectivity index (χ3v) is 13.3. The molecule has 0 fully saturated rings. The molecule has 2 nitrogen and oxygen atoms in total. The second-order valence-electron chi connectivity index (χ2n) is 20.7. The normalized spacial score (nSPS) is 12.1. The van der Waals surface area contributed by atoms with Crippen molar-refractivity contribution in [1.29, 1.82) is 0 Å². The molecule has 0 aromatic heterocycles. The first kappa shape index (κ1) is 44.3. The van der Waals surface area contributed by atoms with Gasteiger partial charge in [-0.3, -0.25) is 0 Å². The summed E-state index contributed by atoms with van der Waals surface area (Å²) in [4.78, 5) is 4.85. The molecule has 0 atom stereocenters. The first-order valence-corrected chi connectivity index (χ1v) is 23.8. The van der Waals surface area contributed by atoms with Crippen LogP contribution in [0, 0.1) is 0 Å². The highest BCUT2D eigenvalue weighted by Crippen LogP contribution is 2.48. The minimum atomic E-state index is 0.0525. The molecule has 0 aliphatic rings. The Labute approximate surface area is 394 Å². The van der Waals surface area contributed by atoms with E-state index in [1.807, 2.05) is 0 Å². The lowest BCUT2D eigenvalue weighted by Crippen LogP contribution is -2.13. The lowest BCUT2D eigenvalue weighted by atomic mass is 9.85. The van der Waals surface area contributed by atoms with Gasteiger partial charge in [-0.2, -0.15) is 0 Å². The molecule has 0 heterocycles. The van der Waals surface area contributed by atoms with E-state index in [2.05, 4.69) is 273 Å². The van der Waals surface area contributed by atoms with Crippen molar-refractivity contribution in [1.82, 2.24) is 0 Å². The van der Waals surface area contributed by atoms with Crippen molar-refractivity contribution >= 4 is 55.7 Å². The van der Waals surface area contributed by atoms with Gasteiger partial charge in [0.2, 0.25) is 0 Å². The third-order valence-electron chi connectivity index (χ3n) is 13.3. The van der Waals surface area contributed by atoms with Crippen molar-refractivity contribution < 1.29 is 0 Å². The van der Waals surface area contributed by atoms with E-state index in [-0.39, 0.29) is 10.8 Å². The molecule has 0 N–H and O–H groups in total. The number of hydrogen-bond donors (Lipinski definition) is 0. The van der Waals surface area contributed by atoms with Gasteiger partial charge in [0.1, 0.15) is 0 Å². The lowest BCUT2D eigenvalue weighted by Gasteiger charge is -2.29. The van der Waals surface area contributed by atoms with E-state index in [0.29, 0.717) is 11.8 Å². The Kier molecular flexibility index (Phi) is 12.0. The van der Waals surface area contributed by atoms with Gasteiger partial charge in [-0.25, -0.2) is 0 Å². The molecule has 330 valence electrons. The van der Waals surface area contributed by atoms with Crippen LogP contribution < -0.4 is 9.80 Å². The number of fused-ring (bicyclic) bond motifs is 2. The Morgan fingerprint density at radius 2 is 0.591 bits per heavy atom. The maximum Gasteiger partial charge on any atom is 0.0468 e. The van der Waals surface area contributed by atoms with Crippen LogP contribution in [-0.2, 0) is 10.8 Å². The molecule has 66 heavy (non-hydrogen) atoms. The predicted octanol–water partition coefficient (Wildman–Crippen LogP) is 19.1. The minimum Gasteiger partial charge on any atom is -0.310 e. The largest absolute Gasteiger partial charge is 0.310 e. The molecule has 0 unspecified atom stereocenters. The number of nitrogens with zero attached hydrogens (tertiary/aromatic N) is 2. The van der Waals surface area contributed by atoms with E-state index in [4.69, 9.17) is 0 Å². The summed E-state index contributed by atoms with van der Waals surface area (Å²) >= 11 is 0. The van der Waals surface area contributed by atoms with Gasteiger partial charge in [-0.05, 0) is 162 Å². The van der Waals surface area contributed by atoms with E-state index in [9.17, 15) is 0 Å². The highest BCUT2D eigenvalue weighted by molar-refractivity contribution is 6.22. The van der Waals surface area contributed by atoms with Gasteiger partial charge >= 0.3 is 0 Å². The molecule has 0 saturated carbocycles. The van der Waals surface area contributed by atoms with Gasteiger partial charge < -0.3 is 9.80 Å². The molecule has 0 radical (unpaired) electrons. The highest BCUT2D eigenvalue weighted by atomic mass is 15.1. The summed E-state index contributed by atoms with van der Waals surface area (Å²) in [6.45, 7) is 22.7. The zero-order valence-electron chi connectivity index (χ0n) is 40.5. The SMILES string of the molecule is CC(C)c1ccc(N(c2ccc(C(C)(C)C)cc2)c2ccc3c(-c4ccccc4)c4cc(N(c5ccc(C(C)C)cc5)c5ccc(C(C)(C)C)cc5)ccc4c(-c4ccccc4)c3c2)cc1. The van der Waals surface area contributed by atoms with E-state index in [1.165, 1.54) is 66.1 Å². The molecule has 0 saturated heterocycles. The average molecular weight is 861 g/mol. The van der Waals surface area contributed by atoms with Crippen molar-refractivity contribution in [2.45, 2.75) is 91.9 Å². The van der Waals surface area contributed by atoms with E-state index >= 15 is 0 Å². The van der Waals surface area contributed by atoms with Crippen molar-refractivity contribution in [2.24, 2.45) is 0 Å². The quantitative estimate of drug-likeness (QED) is 0.126. The van der Waals surface area contributed by atoms with Crippen LogP contribution in [0.4, 0.5) is 34.1 Å². The summed E-state index contributed by atoms with van der Waals surface area (Å²) in [5, 5.41) is 4.86. The molecule has 0 amide bonds. The zero-order valence-corrected chi connectivity index (χ0v) is 40.5. The van der Waals surface area contributed by atoms with Crippen molar-refractivity contribution in [3.05, 3.63) is 216 Å². The molecule has 0 spiro atoms. The van der Waals surface area contributed by atoms with Crippen LogP contribution in [-0.4, -0.2) is 0 Å². The topological polar surface area (TPSA) is 6.48 Å². The fraction of sp³-hybridized carbons (Fsp3) is 0.219. The first-order valence-electron chi connectivity index (χ1n) is 23.8. The van der Waals surface area contributed by atoms with Gasteiger partial charge in [0.05, 0.1) is 0 Å². The lowest BCUT2D eigenvalue weighted by molar-refractivity contribution is 0.590. The molecule has 9 aromatic rings. The monoisotopic (exact) mass is 861 g/mol. The van der Waals surface area contributed by atoms with Gasteiger partial charge in [0.15, 0.2) is 0 Å². The average Bonchev–Trinajstić information content (AvgIpc) is 3.31. The Morgan fingerprint density at radius 1 is 0.303 bits per heavy atom. The second kappa shape index (κ2) is 17.8. The molecular formula is C64H64N2. The minimum absolute atomic E-state index is 0.0525. The Hall–Kier alpha value is -6.90. The first-order chi connectivity index (χ1) is 31.7. The Balaban J connectivity index is 1.32. The van der Waals surface area contributed by atoms with Crippen LogP contribution in [0.3, 0.4) is 0 Å². The maximum absolute atomic E-state index is 2.44. The number of benzene rings is 9. The molecule has 9 rings (SSSR count). The Morgan fingerprint density at radius 3 is 0.879 bits per heavy atom. The van der Waals surface area contributed by atoms with Crippen LogP contribution in [0.15, 0.2) is 194 Å². The van der Waals surface area contributed by atoms with Crippen LogP contribution >= 0.6 is 0 Å². The summed E-state index contributed by atoms with van der Waals surface area (Å²) in [6, 6.07) is 72.8. The molecule has 2 heteroatoms. The van der Waals surface area contributed by atoms with E-state index in [1.54, 1.807) is 0 Å². The van der Waals surface area contributed by atoms with E-state index in [0.717, 1.165) is 34.1 Å². The number of anilines is 6. The smallest absolute Gasteiger partial charge is 0.0468 e. The van der Waals surface area contributed by atoms with Crippen LogP contribution in [0.2, 0.25) is 0 Å². The molecular weight excluding hydrogens is 797 g/mol. The summed E-state index contributed by atoms with van der Waals surface area (Å²) < 4.78 is 0. The summed E-state index contributed by atoms with van der Waals surface area (Å²) in [7, 11) is 0. The summed E-state index contributed by atoms with van der Waals surface area (Å²) in [5.41, 5.74) is 17.0. The van der Waals surface area contributed by atoms with Gasteiger partial charge in [0, 0.05) is 34.1 Å². The highest BCUT2D eigenvalue weighted by Gasteiger charge is 2.23. The standard InChI is InChI=1S/C64H64N2/c1-43(2)45-21-29-51(30-22-45)65(53-33-25-49(26-34-53)63(5,6)7)55-37-39-57-59(41-55)61(47-17-13-11-14-18-47)58-40-38-56(42-60(58)62(57)48-19-15-12-16-20-48)66(52-31-23-46(24-32-52)44(3)4)54-35-27-50(28-36-54)64(8,9)10/h11-44H,1-10H3. The van der Waals surface area contributed by atoms with Gasteiger partial charge in [-0.1, -0.05) is 191 Å². The van der Waals surface area contributed by atoms with Gasteiger partial charge in [0.25, 0.3) is 0 Å². The summed E-state index contributed by atoms with van der Waals surface area (Å²) in [5.74, 6) is 0.897. The van der Waals surface area contributed by atoms with Crippen molar-refractivity contribution in [3.63, 3.8) is 0 Å². The van der Waals surface area contributed by atoms with Crippen molar-refractivity contribution in [2.75, 3.05) is 9.80 Å². The third kappa shape index (κ3) is 8.78. The summed E-state index contributed by atoms with van der Waals surface area (Å²) in [6.07, 6.45) is 0. The van der Waals surface area contributed by atoms with Gasteiger partial charge in [-0.15, -0.1) is 0 Å². The fourth-order valence-corrected chi connectivity index (χ4v) is 9.45. The fourth-order valence-electron chi connectivity index (χ4n) is 9.45. The Bertz CT molecular complexity index is 2880. The second-order valence-corrected chi connectivity index (χ2v) is 20.7.